The molecule has 0 aromatic carbocycles. The molecule has 1 aliphatic heterocycles. The Bertz CT molecular complexity index is 149. The first-order valence-electron chi connectivity index (χ1n) is 3.82. The van der Waals surface area contributed by atoms with Crippen LogP contribution in [0.4, 0.5) is 4.79 Å². The molecule has 4 heteroatoms. The summed E-state index contributed by atoms with van der Waals surface area (Å²) in [4.78, 5) is 12.9. The molecule has 1 N–H and O–H groups in total. The van der Waals surface area contributed by atoms with Crippen molar-refractivity contribution in [1.82, 2.24) is 10.2 Å². The third kappa shape index (κ3) is 1.83. The SMILES string of the molecule is CNC(=O)N1CCOCC1C. The van der Waals surface area contributed by atoms with Crippen molar-refractivity contribution < 1.29 is 9.53 Å². The van der Waals surface area contributed by atoms with Gasteiger partial charge in [-0.15, -0.1) is 0 Å². The summed E-state index contributed by atoms with van der Waals surface area (Å²) < 4.78 is 5.18. The topological polar surface area (TPSA) is 41.6 Å². The van der Waals surface area contributed by atoms with Crippen molar-refractivity contribution >= 4 is 6.03 Å². The summed E-state index contributed by atoms with van der Waals surface area (Å²) in [5.74, 6) is 0. The van der Waals surface area contributed by atoms with Crippen molar-refractivity contribution in [1.29, 1.82) is 0 Å². The van der Waals surface area contributed by atoms with Crippen molar-refractivity contribution in [2.75, 3.05) is 26.8 Å². The lowest BCUT2D eigenvalue weighted by atomic mass is 10.3. The van der Waals surface area contributed by atoms with E-state index in [2.05, 4.69) is 5.32 Å². The smallest absolute Gasteiger partial charge is 0.317 e. The van der Waals surface area contributed by atoms with Gasteiger partial charge in [-0.2, -0.15) is 0 Å². The van der Waals surface area contributed by atoms with Crippen LogP contribution in [0.1, 0.15) is 6.92 Å². The lowest BCUT2D eigenvalue weighted by molar-refractivity contribution is 0.0195. The van der Waals surface area contributed by atoms with Crippen LogP contribution in [0.5, 0.6) is 0 Å². The Morgan fingerprint density at radius 2 is 2.45 bits per heavy atom. The molecule has 0 aromatic heterocycles. The van der Waals surface area contributed by atoms with Crippen LogP contribution < -0.4 is 5.32 Å². The number of ether oxygens (including phenoxy) is 1. The van der Waals surface area contributed by atoms with E-state index in [-0.39, 0.29) is 12.1 Å². The molecule has 1 heterocycles. The lowest BCUT2D eigenvalue weighted by Gasteiger charge is -2.32. The summed E-state index contributed by atoms with van der Waals surface area (Å²) in [5, 5.41) is 2.60. The number of rotatable bonds is 0. The second-order valence-corrected chi connectivity index (χ2v) is 2.67. The van der Waals surface area contributed by atoms with Gasteiger partial charge >= 0.3 is 6.03 Å². The Hall–Kier alpha value is -0.770. The number of carbonyl (C=O) groups is 1. The molecule has 0 radical (unpaired) electrons. The molecule has 1 rings (SSSR count). The van der Waals surface area contributed by atoms with E-state index >= 15 is 0 Å². The Kier molecular flexibility index (Phi) is 2.70. The molecule has 1 atom stereocenters. The second kappa shape index (κ2) is 3.57. The number of amides is 2. The molecule has 1 aliphatic rings. The van der Waals surface area contributed by atoms with Gasteiger partial charge in [0.05, 0.1) is 19.3 Å². The zero-order valence-electron chi connectivity index (χ0n) is 6.96. The summed E-state index contributed by atoms with van der Waals surface area (Å²) in [6.45, 7) is 3.97. The first kappa shape index (κ1) is 8.33. The minimum absolute atomic E-state index is 0.0131. The van der Waals surface area contributed by atoms with Crippen LogP contribution in [-0.4, -0.2) is 43.8 Å². The molecular formula is C7H14N2O2. The van der Waals surface area contributed by atoms with Crippen LogP contribution in [0.2, 0.25) is 0 Å². The largest absolute Gasteiger partial charge is 0.377 e. The van der Waals surface area contributed by atoms with Gasteiger partial charge in [0.2, 0.25) is 0 Å². The van der Waals surface area contributed by atoms with Gasteiger partial charge in [0.15, 0.2) is 0 Å². The highest BCUT2D eigenvalue weighted by atomic mass is 16.5. The summed E-state index contributed by atoms with van der Waals surface area (Å²) in [6.07, 6.45) is 0. The average molecular weight is 158 g/mol. The predicted molar refractivity (Wildman–Crippen MR) is 41.4 cm³/mol. The fourth-order valence-electron chi connectivity index (χ4n) is 1.17. The van der Waals surface area contributed by atoms with E-state index in [1.165, 1.54) is 0 Å². The Morgan fingerprint density at radius 3 is 3.00 bits per heavy atom. The molecule has 64 valence electrons. The van der Waals surface area contributed by atoms with Gasteiger partial charge in [0.25, 0.3) is 0 Å². The molecule has 1 saturated heterocycles. The molecule has 0 spiro atoms. The molecule has 0 saturated carbocycles. The van der Waals surface area contributed by atoms with Crippen LogP contribution in [0.3, 0.4) is 0 Å². The molecule has 0 aromatic rings. The third-order valence-electron chi connectivity index (χ3n) is 1.84. The highest BCUT2D eigenvalue weighted by molar-refractivity contribution is 5.74. The van der Waals surface area contributed by atoms with Crippen LogP contribution in [0.15, 0.2) is 0 Å². The average Bonchev–Trinajstić information content (AvgIpc) is 2.04. The Morgan fingerprint density at radius 1 is 1.73 bits per heavy atom. The van der Waals surface area contributed by atoms with Crippen LogP contribution in [0, 0.1) is 0 Å². The fraction of sp³-hybridized carbons (Fsp3) is 0.857. The molecule has 4 nitrogen and oxygen atoms in total. The van der Waals surface area contributed by atoms with Gasteiger partial charge in [0, 0.05) is 13.6 Å². The van der Waals surface area contributed by atoms with Crippen LogP contribution in [-0.2, 0) is 4.74 Å². The molecule has 11 heavy (non-hydrogen) atoms. The normalized spacial score (nSPS) is 24.9. The molecule has 1 unspecified atom stereocenters. The highest BCUT2D eigenvalue weighted by Crippen LogP contribution is 2.05. The van der Waals surface area contributed by atoms with Crippen molar-refractivity contribution in [3.05, 3.63) is 0 Å². The van der Waals surface area contributed by atoms with Gasteiger partial charge in [-0.25, -0.2) is 4.79 Å². The molecule has 0 aliphatic carbocycles. The minimum Gasteiger partial charge on any atom is -0.377 e. The Labute approximate surface area is 66.5 Å². The number of nitrogens with one attached hydrogen (secondary N) is 1. The maximum absolute atomic E-state index is 11.1. The van der Waals surface area contributed by atoms with Gasteiger partial charge in [-0.05, 0) is 6.92 Å². The molecule has 1 fully saturated rings. The fourth-order valence-corrected chi connectivity index (χ4v) is 1.17. The van der Waals surface area contributed by atoms with Gasteiger partial charge in [-0.1, -0.05) is 0 Å². The minimum atomic E-state index is -0.0131. The van der Waals surface area contributed by atoms with Crippen molar-refractivity contribution in [3.63, 3.8) is 0 Å². The number of hydrogen-bond acceptors (Lipinski definition) is 2. The van der Waals surface area contributed by atoms with Gasteiger partial charge < -0.3 is 15.0 Å². The third-order valence-corrected chi connectivity index (χ3v) is 1.84. The summed E-state index contributed by atoms with van der Waals surface area (Å²) in [6, 6.07) is 0.185. The number of urea groups is 1. The first-order valence-corrected chi connectivity index (χ1v) is 3.82. The zero-order valence-corrected chi connectivity index (χ0v) is 6.96. The quantitative estimate of drug-likeness (QED) is 0.541. The zero-order chi connectivity index (χ0) is 8.27. The number of morpholine rings is 1. The van der Waals surface area contributed by atoms with E-state index in [0.29, 0.717) is 19.8 Å². The van der Waals surface area contributed by atoms with E-state index in [1.54, 1.807) is 11.9 Å². The monoisotopic (exact) mass is 158 g/mol. The highest BCUT2D eigenvalue weighted by Gasteiger charge is 2.22. The summed E-state index contributed by atoms with van der Waals surface area (Å²) >= 11 is 0. The van der Waals surface area contributed by atoms with E-state index in [4.69, 9.17) is 4.74 Å². The summed E-state index contributed by atoms with van der Waals surface area (Å²) in [5.41, 5.74) is 0. The molecule has 0 bridgehead atoms. The van der Waals surface area contributed by atoms with Crippen molar-refractivity contribution in [2.24, 2.45) is 0 Å². The van der Waals surface area contributed by atoms with Crippen molar-refractivity contribution in [2.45, 2.75) is 13.0 Å². The number of carbonyl (C=O) groups excluding carboxylic acids is 1. The molecular weight excluding hydrogens is 144 g/mol. The van der Waals surface area contributed by atoms with Crippen molar-refractivity contribution in [3.8, 4) is 0 Å². The summed E-state index contributed by atoms with van der Waals surface area (Å²) in [7, 11) is 1.64. The van der Waals surface area contributed by atoms with Crippen LogP contribution >= 0.6 is 0 Å². The second-order valence-electron chi connectivity index (χ2n) is 2.67. The first-order chi connectivity index (χ1) is 5.25. The Balaban J connectivity index is 2.47. The lowest BCUT2D eigenvalue weighted by Crippen LogP contribution is -2.50. The molecule has 2 amide bonds. The van der Waals surface area contributed by atoms with Gasteiger partial charge in [-0.3, -0.25) is 0 Å². The standard InChI is InChI=1S/C7H14N2O2/c1-6-5-11-4-3-9(6)7(10)8-2/h6H,3-5H2,1-2H3,(H,8,10). The number of nitrogens with zero attached hydrogens (tertiary/aromatic N) is 1. The van der Waals surface area contributed by atoms with Crippen LogP contribution in [0.25, 0.3) is 0 Å². The maximum atomic E-state index is 11.1. The maximum Gasteiger partial charge on any atom is 0.317 e. The predicted octanol–water partition coefficient (Wildman–Crippen LogP) is 0.0465. The van der Waals surface area contributed by atoms with Gasteiger partial charge in [0.1, 0.15) is 0 Å². The van der Waals surface area contributed by atoms with E-state index in [9.17, 15) is 4.79 Å². The van der Waals surface area contributed by atoms with E-state index in [0.717, 1.165) is 0 Å². The van der Waals surface area contributed by atoms with E-state index < -0.39 is 0 Å². The van der Waals surface area contributed by atoms with E-state index in [1.807, 2.05) is 6.92 Å². The number of hydrogen-bond donors (Lipinski definition) is 1.